The van der Waals surface area contributed by atoms with Crippen LogP contribution in [0.1, 0.15) is 47.0 Å². The van der Waals surface area contributed by atoms with Crippen LogP contribution in [0, 0.1) is 17.8 Å². The maximum absolute atomic E-state index is 12.6. The molecule has 3 heterocycles. The maximum Gasteiger partial charge on any atom is 0.228 e. The van der Waals surface area contributed by atoms with Gasteiger partial charge in [0.1, 0.15) is 0 Å². The van der Waals surface area contributed by atoms with Gasteiger partial charge in [0.05, 0.1) is 5.92 Å². The van der Waals surface area contributed by atoms with E-state index in [1.54, 1.807) is 0 Å². The minimum Gasteiger partial charge on any atom is -0.341 e. The monoisotopic (exact) mass is 321 g/mol. The van der Waals surface area contributed by atoms with Gasteiger partial charge in [0, 0.05) is 38.3 Å². The molecule has 0 N–H and O–H groups in total. The molecule has 0 radical (unpaired) electrons. The molecule has 0 aromatic heterocycles. The van der Waals surface area contributed by atoms with Crippen molar-refractivity contribution < 1.29 is 4.79 Å². The molecule has 0 aromatic carbocycles. The molecule has 23 heavy (non-hydrogen) atoms. The number of carbonyl (C=O) groups is 1. The quantitative estimate of drug-likeness (QED) is 0.795. The average molecular weight is 322 g/mol. The maximum atomic E-state index is 12.6. The fourth-order valence-electron chi connectivity index (χ4n) is 4.54. The van der Waals surface area contributed by atoms with E-state index in [-0.39, 0.29) is 5.92 Å². The van der Waals surface area contributed by atoms with Gasteiger partial charge in [0.25, 0.3) is 0 Å². The highest BCUT2D eigenvalue weighted by atomic mass is 16.2. The summed E-state index contributed by atoms with van der Waals surface area (Å²) in [6.07, 6.45) is 3.86. The largest absolute Gasteiger partial charge is 0.341 e. The van der Waals surface area contributed by atoms with E-state index in [1.807, 2.05) is 0 Å². The van der Waals surface area contributed by atoms with Crippen LogP contribution in [0.3, 0.4) is 0 Å². The first kappa shape index (κ1) is 17.2. The van der Waals surface area contributed by atoms with Gasteiger partial charge < -0.3 is 4.90 Å². The molecule has 3 saturated heterocycles. The van der Waals surface area contributed by atoms with Crippen LogP contribution in [-0.4, -0.2) is 72.0 Å². The van der Waals surface area contributed by atoms with Crippen molar-refractivity contribution in [3.05, 3.63) is 0 Å². The minimum atomic E-state index is 0.267. The summed E-state index contributed by atoms with van der Waals surface area (Å²) in [6.45, 7) is 15.5. The fraction of sp³-hybridized carbons (Fsp3) is 0.947. The summed E-state index contributed by atoms with van der Waals surface area (Å²) in [7, 11) is 0. The van der Waals surface area contributed by atoms with E-state index in [4.69, 9.17) is 0 Å². The van der Waals surface area contributed by atoms with E-state index in [0.29, 0.717) is 18.0 Å². The molecule has 0 aromatic rings. The molecule has 1 amide bonds. The summed E-state index contributed by atoms with van der Waals surface area (Å²) in [6, 6.07) is 1.20. The van der Waals surface area contributed by atoms with Crippen molar-refractivity contribution >= 4 is 5.91 Å². The molecule has 0 bridgehead atoms. The van der Waals surface area contributed by atoms with Crippen LogP contribution in [0.4, 0.5) is 0 Å². The Kier molecular flexibility index (Phi) is 5.32. The Hall–Kier alpha value is -0.610. The molecule has 3 aliphatic heterocycles. The average Bonchev–Trinajstić information content (AvgIpc) is 2.95. The van der Waals surface area contributed by atoms with Crippen LogP contribution < -0.4 is 0 Å². The van der Waals surface area contributed by atoms with Crippen molar-refractivity contribution in [1.82, 2.24) is 14.7 Å². The number of nitrogens with zero attached hydrogens (tertiary/aromatic N) is 3. The molecule has 1 atom stereocenters. The molecule has 0 aliphatic carbocycles. The van der Waals surface area contributed by atoms with Gasteiger partial charge in [-0.2, -0.15) is 0 Å². The second-order valence-corrected chi connectivity index (χ2v) is 8.59. The Morgan fingerprint density at radius 3 is 2.13 bits per heavy atom. The Morgan fingerprint density at radius 1 is 0.913 bits per heavy atom. The van der Waals surface area contributed by atoms with Gasteiger partial charge in [0.2, 0.25) is 5.91 Å². The van der Waals surface area contributed by atoms with Crippen molar-refractivity contribution in [3.63, 3.8) is 0 Å². The number of hydrogen-bond acceptors (Lipinski definition) is 3. The minimum absolute atomic E-state index is 0.267. The van der Waals surface area contributed by atoms with Crippen LogP contribution in [0.25, 0.3) is 0 Å². The summed E-state index contributed by atoms with van der Waals surface area (Å²) in [5, 5.41) is 0. The number of rotatable bonds is 4. The molecule has 4 heteroatoms. The van der Waals surface area contributed by atoms with Gasteiger partial charge in [-0.25, -0.2) is 0 Å². The highest BCUT2D eigenvalue weighted by Crippen LogP contribution is 2.29. The van der Waals surface area contributed by atoms with Gasteiger partial charge in [-0.05, 0) is 58.0 Å². The molecule has 3 rings (SSSR count). The van der Waals surface area contributed by atoms with E-state index in [0.717, 1.165) is 38.0 Å². The summed E-state index contributed by atoms with van der Waals surface area (Å²) < 4.78 is 0. The lowest BCUT2D eigenvalue weighted by molar-refractivity contribution is -0.141. The van der Waals surface area contributed by atoms with Crippen molar-refractivity contribution in [2.45, 2.75) is 59.0 Å². The predicted molar refractivity (Wildman–Crippen MR) is 94.3 cm³/mol. The molecule has 3 aliphatic rings. The lowest BCUT2D eigenvalue weighted by atomic mass is 9.86. The van der Waals surface area contributed by atoms with E-state index in [2.05, 4.69) is 42.4 Å². The predicted octanol–water partition coefficient (Wildman–Crippen LogP) is 2.30. The normalized spacial score (nSPS) is 28.8. The number of hydrogen-bond donors (Lipinski definition) is 0. The van der Waals surface area contributed by atoms with Gasteiger partial charge in [-0.3, -0.25) is 14.6 Å². The summed E-state index contributed by atoms with van der Waals surface area (Å²) >= 11 is 0. The zero-order valence-corrected chi connectivity index (χ0v) is 15.5. The third-order valence-corrected chi connectivity index (χ3v) is 6.50. The third kappa shape index (κ3) is 3.74. The molecule has 0 saturated carbocycles. The van der Waals surface area contributed by atoms with Gasteiger partial charge in [0.15, 0.2) is 0 Å². The van der Waals surface area contributed by atoms with E-state index in [9.17, 15) is 4.79 Å². The zero-order valence-electron chi connectivity index (χ0n) is 15.5. The topological polar surface area (TPSA) is 26.8 Å². The Balaban J connectivity index is 1.43. The molecule has 3 fully saturated rings. The molecular weight excluding hydrogens is 286 g/mol. The van der Waals surface area contributed by atoms with Gasteiger partial charge in [-0.1, -0.05) is 13.8 Å². The third-order valence-electron chi connectivity index (χ3n) is 6.50. The van der Waals surface area contributed by atoms with E-state index >= 15 is 0 Å². The van der Waals surface area contributed by atoms with Crippen molar-refractivity contribution in [1.29, 1.82) is 0 Å². The molecule has 4 nitrogen and oxygen atoms in total. The van der Waals surface area contributed by atoms with E-state index in [1.165, 1.54) is 32.4 Å². The zero-order chi connectivity index (χ0) is 16.6. The van der Waals surface area contributed by atoms with Crippen LogP contribution in [0.15, 0.2) is 0 Å². The van der Waals surface area contributed by atoms with Gasteiger partial charge in [-0.15, -0.1) is 0 Å². The van der Waals surface area contributed by atoms with Crippen LogP contribution in [-0.2, 0) is 4.79 Å². The van der Waals surface area contributed by atoms with Crippen molar-refractivity contribution in [3.8, 4) is 0 Å². The molecular formula is C19H35N3O. The van der Waals surface area contributed by atoms with Crippen LogP contribution in [0.5, 0.6) is 0 Å². The second kappa shape index (κ2) is 7.10. The van der Waals surface area contributed by atoms with E-state index < -0.39 is 0 Å². The molecule has 0 spiro atoms. The first-order valence-corrected chi connectivity index (χ1v) is 9.72. The first-order valence-electron chi connectivity index (χ1n) is 9.72. The summed E-state index contributed by atoms with van der Waals surface area (Å²) in [5.41, 5.74) is 0. The highest BCUT2D eigenvalue weighted by molar-refractivity contribution is 5.80. The lowest BCUT2D eigenvalue weighted by Gasteiger charge is -2.42. The standard InChI is InChI=1S/C19H35N3O/c1-14(2)16-5-8-20(9-6-16)18-7-10-21(13-18)19(23)17-11-22(12-17)15(3)4/h14-18H,5-13H2,1-4H3/t18-/m0/s1. The second-order valence-electron chi connectivity index (χ2n) is 8.59. The number of amides is 1. The van der Waals surface area contributed by atoms with Crippen LogP contribution >= 0.6 is 0 Å². The smallest absolute Gasteiger partial charge is 0.228 e. The number of carbonyl (C=O) groups excluding carboxylic acids is 1. The Labute approximate surface area is 142 Å². The first-order chi connectivity index (χ1) is 11.0. The van der Waals surface area contributed by atoms with Crippen LogP contribution in [0.2, 0.25) is 0 Å². The summed E-state index contributed by atoms with van der Waals surface area (Å²) in [4.78, 5) is 19.9. The van der Waals surface area contributed by atoms with Crippen molar-refractivity contribution in [2.24, 2.45) is 17.8 Å². The highest BCUT2D eigenvalue weighted by Gasteiger charge is 2.39. The number of likely N-dealkylation sites (tertiary alicyclic amines) is 3. The fourth-order valence-corrected chi connectivity index (χ4v) is 4.54. The number of piperidine rings is 1. The molecule has 0 unspecified atom stereocenters. The lowest BCUT2D eigenvalue weighted by Crippen LogP contribution is -2.56. The molecule has 132 valence electrons. The Morgan fingerprint density at radius 2 is 1.57 bits per heavy atom. The van der Waals surface area contributed by atoms with Gasteiger partial charge >= 0.3 is 0 Å². The Bertz CT molecular complexity index is 409. The van der Waals surface area contributed by atoms with Crippen molar-refractivity contribution in [2.75, 3.05) is 39.3 Å². The summed E-state index contributed by atoms with van der Waals surface area (Å²) in [5.74, 6) is 2.41. The SMILES string of the molecule is CC(C)C1CCN([C@H]2CCN(C(=O)C3CN(C(C)C)C3)C2)CC1.